The number of rotatable bonds is 7. The second-order valence-electron chi connectivity index (χ2n) is 7.74. The van der Waals surface area contributed by atoms with Crippen molar-refractivity contribution in [3.05, 3.63) is 0 Å². The van der Waals surface area contributed by atoms with Gasteiger partial charge in [-0.1, -0.05) is 6.92 Å². The van der Waals surface area contributed by atoms with E-state index >= 15 is 0 Å². The highest BCUT2D eigenvalue weighted by atomic mass is 16.6. The van der Waals surface area contributed by atoms with Crippen LogP contribution in [-0.2, 0) is 9.47 Å². The van der Waals surface area contributed by atoms with E-state index in [1.165, 1.54) is 0 Å². The summed E-state index contributed by atoms with van der Waals surface area (Å²) in [5.41, 5.74) is -0.108. The molecule has 0 radical (unpaired) electrons. The Labute approximate surface area is 128 Å². The lowest BCUT2D eigenvalue weighted by molar-refractivity contribution is -0.0989. The SMILES string of the molecule is CC1(CNCCCN(C(=O)OC(C)(C)C)C2CC2)COC1. The molecule has 21 heavy (non-hydrogen) atoms. The fourth-order valence-corrected chi connectivity index (χ4v) is 2.45. The monoisotopic (exact) mass is 298 g/mol. The van der Waals surface area contributed by atoms with Gasteiger partial charge in [0.2, 0.25) is 0 Å². The summed E-state index contributed by atoms with van der Waals surface area (Å²) < 4.78 is 10.7. The molecule has 2 aliphatic rings. The highest BCUT2D eigenvalue weighted by Crippen LogP contribution is 2.28. The molecule has 1 heterocycles. The minimum absolute atomic E-state index is 0.163. The quantitative estimate of drug-likeness (QED) is 0.733. The molecule has 0 aromatic carbocycles. The van der Waals surface area contributed by atoms with Gasteiger partial charge in [-0.25, -0.2) is 4.79 Å². The molecule has 5 heteroatoms. The number of ether oxygens (including phenoxy) is 2. The minimum Gasteiger partial charge on any atom is -0.444 e. The fraction of sp³-hybridized carbons (Fsp3) is 0.938. The van der Waals surface area contributed by atoms with Crippen LogP contribution in [0.5, 0.6) is 0 Å². The zero-order valence-corrected chi connectivity index (χ0v) is 13.9. The van der Waals surface area contributed by atoms with E-state index in [1.807, 2.05) is 25.7 Å². The van der Waals surface area contributed by atoms with Gasteiger partial charge in [-0.3, -0.25) is 0 Å². The van der Waals surface area contributed by atoms with E-state index in [0.717, 1.165) is 52.1 Å². The molecular formula is C16H30N2O3. The standard InChI is InChI=1S/C16H30N2O3/c1-15(2,3)21-14(19)18(13-6-7-13)9-5-8-17-10-16(4)11-20-12-16/h13,17H,5-12H2,1-4H3. The van der Waals surface area contributed by atoms with Gasteiger partial charge < -0.3 is 19.7 Å². The van der Waals surface area contributed by atoms with E-state index in [4.69, 9.17) is 9.47 Å². The van der Waals surface area contributed by atoms with E-state index in [1.54, 1.807) is 0 Å². The number of nitrogens with one attached hydrogen (secondary N) is 1. The van der Waals surface area contributed by atoms with E-state index in [-0.39, 0.29) is 6.09 Å². The first-order chi connectivity index (χ1) is 9.79. The van der Waals surface area contributed by atoms with Crippen molar-refractivity contribution in [1.29, 1.82) is 0 Å². The zero-order chi connectivity index (χ0) is 15.5. The Kier molecular flexibility index (Phi) is 5.15. The number of carbonyl (C=O) groups is 1. The van der Waals surface area contributed by atoms with Gasteiger partial charge in [0.15, 0.2) is 0 Å². The van der Waals surface area contributed by atoms with Crippen LogP contribution < -0.4 is 5.32 Å². The van der Waals surface area contributed by atoms with Crippen LogP contribution in [0.2, 0.25) is 0 Å². The summed E-state index contributed by atoms with van der Waals surface area (Å²) in [5.74, 6) is 0. The van der Waals surface area contributed by atoms with Crippen molar-refractivity contribution < 1.29 is 14.3 Å². The van der Waals surface area contributed by atoms with Crippen LogP contribution in [0.4, 0.5) is 4.79 Å². The first-order valence-corrected chi connectivity index (χ1v) is 8.07. The Morgan fingerprint density at radius 2 is 2.05 bits per heavy atom. The Morgan fingerprint density at radius 3 is 2.52 bits per heavy atom. The lowest BCUT2D eigenvalue weighted by Gasteiger charge is -2.38. The molecule has 1 amide bonds. The number of hydrogen-bond acceptors (Lipinski definition) is 4. The maximum absolute atomic E-state index is 12.2. The summed E-state index contributed by atoms with van der Waals surface area (Å²) in [6.07, 6.45) is 3.03. The van der Waals surface area contributed by atoms with Crippen molar-refractivity contribution in [3.63, 3.8) is 0 Å². The predicted molar refractivity (Wildman–Crippen MR) is 82.4 cm³/mol. The molecule has 0 unspecified atom stereocenters. The van der Waals surface area contributed by atoms with Crippen molar-refractivity contribution in [3.8, 4) is 0 Å². The average molecular weight is 298 g/mol. The van der Waals surface area contributed by atoms with Gasteiger partial charge in [0, 0.05) is 24.5 Å². The van der Waals surface area contributed by atoms with Gasteiger partial charge in [0.1, 0.15) is 5.60 Å². The first-order valence-electron chi connectivity index (χ1n) is 8.07. The molecular weight excluding hydrogens is 268 g/mol. The molecule has 0 atom stereocenters. The lowest BCUT2D eigenvalue weighted by Crippen LogP contribution is -2.47. The fourth-order valence-electron chi connectivity index (χ4n) is 2.45. The Hall–Kier alpha value is -0.810. The van der Waals surface area contributed by atoms with Gasteiger partial charge in [-0.15, -0.1) is 0 Å². The predicted octanol–water partition coefficient (Wildman–Crippen LogP) is 2.40. The van der Waals surface area contributed by atoms with E-state index in [0.29, 0.717) is 11.5 Å². The molecule has 0 bridgehead atoms. The zero-order valence-electron chi connectivity index (χ0n) is 13.9. The normalized spacial score (nSPS) is 20.8. The third-order valence-electron chi connectivity index (χ3n) is 3.82. The van der Waals surface area contributed by atoms with Crippen molar-refractivity contribution in [2.75, 3.05) is 32.8 Å². The van der Waals surface area contributed by atoms with Crippen LogP contribution in [0, 0.1) is 5.41 Å². The Bertz CT molecular complexity index is 357. The molecule has 5 nitrogen and oxygen atoms in total. The number of hydrogen-bond donors (Lipinski definition) is 1. The smallest absolute Gasteiger partial charge is 0.410 e. The molecule has 1 aliphatic carbocycles. The van der Waals surface area contributed by atoms with E-state index in [9.17, 15) is 4.79 Å². The molecule has 1 N–H and O–H groups in total. The van der Waals surface area contributed by atoms with Gasteiger partial charge >= 0.3 is 6.09 Å². The topological polar surface area (TPSA) is 50.8 Å². The highest BCUT2D eigenvalue weighted by Gasteiger charge is 2.35. The summed E-state index contributed by atoms with van der Waals surface area (Å²) >= 11 is 0. The van der Waals surface area contributed by atoms with Gasteiger partial charge in [0.25, 0.3) is 0 Å². The van der Waals surface area contributed by atoms with E-state index < -0.39 is 5.60 Å². The summed E-state index contributed by atoms with van der Waals surface area (Å²) in [4.78, 5) is 14.1. The van der Waals surface area contributed by atoms with Gasteiger partial charge in [-0.2, -0.15) is 0 Å². The summed E-state index contributed by atoms with van der Waals surface area (Å²) in [5, 5.41) is 3.47. The molecule has 0 spiro atoms. The van der Waals surface area contributed by atoms with Crippen LogP contribution in [0.1, 0.15) is 47.0 Å². The Morgan fingerprint density at radius 1 is 1.38 bits per heavy atom. The summed E-state index contributed by atoms with van der Waals surface area (Å²) in [6.45, 7) is 12.4. The van der Waals surface area contributed by atoms with Crippen molar-refractivity contribution in [2.45, 2.75) is 58.6 Å². The van der Waals surface area contributed by atoms with Crippen LogP contribution in [0.3, 0.4) is 0 Å². The third kappa shape index (κ3) is 5.47. The second-order valence-corrected chi connectivity index (χ2v) is 7.74. The van der Waals surface area contributed by atoms with Crippen LogP contribution in [0.25, 0.3) is 0 Å². The van der Waals surface area contributed by atoms with E-state index in [2.05, 4.69) is 12.2 Å². The maximum atomic E-state index is 12.2. The van der Waals surface area contributed by atoms with Crippen LogP contribution in [-0.4, -0.2) is 55.5 Å². The average Bonchev–Trinajstić information content (AvgIpc) is 3.13. The summed E-state index contributed by atoms with van der Waals surface area (Å²) in [7, 11) is 0. The highest BCUT2D eigenvalue weighted by molar-refractivity contribution is 5.69. The van der Waals surface area contributed by atoms with Crippen LogP contribution in [0.15, 0.2) is 0 Å². The molecule has 1 saturated carbocycles. The number of amides is 1. The molecule has 0 aromatic rings. The van der Waals surface area contributed by atoms with Crippen molar-refractivity contribution >= 4 is 6.09 Å². The molecule has 0 aromatic heterocycles. The molecule has 2 rings (SSSR count). The van der Waals surface area contributed by atoms with Crippen molar-refractivity contribution in [2.24, 2.45) is 5.41 Å². The second kappa shape index (κ2) is 6.53. The summed E-state index contributed by atoms with van der Waals surface area (Å²) in [6, 6.07) is 0.400. The molecule has 1 aliphatic heterocycles. The van der Waals surface area contributed by atoms with Crippen molar-refractivity contribution in [1.82, 2.24) is 10.2 Å². The number of nitrogens with zero attached hydrogens (tertiary/aromatic N) is 1. The lowest BCUT2D eigenvalue weighted by atomic mass is 9.89. The number of carbonyl (C=O) groups excluding carboxylic acids is 1. The van der Waals surface area contributed by atoms with Crippen LogP contribution >= 0.6 is 0 Å². The third-order valence-corrected chi connectivity index (χ3v) is 3.82. The molecule has 122 valence electrons. The van der Waals surface area contributed by atoms with Gasteiger partial charge in [0.05, 0.1) is 13.2 Å². The van der Waals surface area contributed by atoms with Gasteiger partial charge in [-0.05, 0) is 46.6 Å². The first kappa shape index (κ1) is 16.6. The minimum atomic E-state index is -0.415. The molecule has 2 fully saturated rings. The molecule has 1 saturated heterocycles. The largest absolute Gasteiger partial charge is 0.444 e. The Balaban J connectivity index is 1.65. The maximum Gasteiger partial charge on any atom is 0.410 e.